The number of hydrogen-bond acceptors (Lipinski definition) is 5. The maximum Gasteiger partial charge on any atom is 0.252 e. The van der Waals surface area contributed by atoms with Crippen LogP contribution in [-0.4, -0.2) is 29.7 Å². The minimum atomic E-state index is -0.201. The number of ether oxygens (including phenoxy) is 1. The molecule has 0 spiro atoms. The fourth-order valence-electron chi connectivity index (χ4n) is 2.76. The number of aromatic nitrogens is 2. The van der Waals surface area contributed by atoms with Crippen LogP contribution in [-0.2, 0) is 6.42 Å². The number of methoxy groups -OCH3 is 1. The van der Waals surface area contributed by atoms with Gasteiger partial charge in [-0.05, 0) is 55.3 Å². The highest BCUT2D eigenvalue weighted by Crippen LogP contribution is 2.21. The quantitative estimate of drug-likeness (QED) is 0.469. The predicted octanol–water partition coefficient (Wildman–Crippen LogP) is 5.19. The number of amides is 1. The van der Waals surface area contributed by atoms with Gasteiger partial charge in [-0.3, -0.25) is 4.79 Å². The number of rotatable bonds is 9. The lowest BCUT2D eigenvalue weighted by Crippen LogP contribution is -2.24. The first kappa shape index (κ1) is 21.1. The number of unbranched alkanes of at least 4 members (excludes halogenated alkanes) is 2. The molecule has 1 heterocycles. The third-order valence-electron chi connectivity index (χ3n) is 4.35. The zero-order valence-corrected chi connectivity index (χ0v) is 17.5. The molecule has 152 valence electrons. The van der Waals surface area contributed by atoms with Gasteiger partial charge in [-0.1, -0.05) is 34.8 Å². The molecule has 0 radical (unpaired) electrons. The maximum absolute atomic E-state index is 12.1. The summed E-state index contributed by atoms with van der Waals surface area (Å²) in [6.45, 7) is 0.568. The highest BCUT2D eigenvalue weighted by atomic mass is 35.5. The number of aryl methyl sites for hydroxylation is 1. The second-order valence-electron chi connectivity index (χ2n) is 6.43. The van der Waals surface area contributed by atoms with Crippen molar-refractivity contribution in [3.63, 3.8) is 0 Å². The molecular formula is C21H21Cl2N3O3. The van der Waals surface area contributed by atoms with Gasteiger partial charge in [-0.25, -0.2) is 0 Å². The number of nitrogens with one attached hydrogen (secondary N) is 1. The standard InChI is InChI=1S/C21H21Cl2N3O3/c1-28-16-9-6-14(7-10-16)20-25-19(29-26-20)5-3-2-4-12-24-21(27)17-11-8-15(22)13-18(17)23/h6-11,13H,2-5,12H2,1H3,(H,24,27). The molecule has 2 aromatic carbocycles. The van der Waals surface area contributed by atoms with Crippen molar-refractivity contribution < 1.29 is 14.1 Å². The first-order valence-electron chi connectivity index (χ1n) is 9.27. The van der Waals surface area contributed by atoms with E-state index < -0.39 is 0 Å². The molecule has 0 aliphatic heterocycles. The minimum absolute atomic E-state index is 0.201. The Morgan fingerprint density at radius 2 is 1.90 bits per heavy atom. The van der Waals surface area contributed by atoms with Crippen LogP contribution in [0.3, 0.4) is 0 Å². The molecule has 0 fully saturated rings. The molecule has 0 atom stereocenters. The fourth-order valence-corrected chi connectivity index (χ4v) is 3.26. The highest BCUT2D eigenvalue weighted by molar-refractivity contribution is 6.36. The zero-order chi connectivity index (χ0) is 20.6. The molecule has 3 rings (SSSR count). The number of carbonyl (C=O) groups is 1. The van der Waals surface area contributed by atoms with Gasteiger partial charge in [-0.15, -0.1) is 0 Å². The van der Waals surface area contributed by atoms with Crippen LogP contribution in [0.15, 0.2) is 47.0 Å². The van der Waals surface area contributed by atoms with Crippen LogP contribution >= 0.6 is 23.2 Å². The summed E-state index contributed by atoms with van der Waals surface area (Å²) in [5.74, 6) is 1.75. The average Bonchev–Trinajstić information content (AvgIpc) is 3.19. The van der Waals surface area contributed by atoms with Crippen molar-refractivity contribution in [1.29, 1.82) is 0 Å². The first-order chi connectivity index (χ1) is 14.1. The summed E-state index contributed by atoms with van der Waals surface area (Å²) in [4.78, 5) is 16.6. The van der Waals surface area contributed by atoms with Crippen molar-refractivity contribution in [2.24, 2.45) is 0 Å². The molecule has 1 amide bonds. The molecule has 1 aromatic heterocycles. The van der Waals surface area contributed by atoms with Gasteiger partial charge in [0.15, 0.2) is 0 Å². The Bertz CT molecular complexity index is 958. The summed E-state index contributed by atoms with van der Waals surface area (Å²) in [5, 5.41) is 7.74. The number of benzene rings is 2. The van der Waals surface area contributed by atoms with Crippen LogP contribution in [0.25, 0.3) is 11.4 Å². The molecule has 0 bridgehead atoms. The van der Waals surface area contributed by atoms with Crippen LogP contribution < -0.4 is 10.1 Å². The van der Waals surface area contributed by atoms with Gasteiger partial charge < -0.3 is 14.6 Å². The van der Waals surface area contributed by atoms with Gasteiger partial charge in [0.1, 0.15) is 5.75 Å². The normalized spacial score (nSPS) is 10.7. The monoisotopic (exact) mass is 433 g/mol. The number of nitrogens with zero attached hydrogens (tertiary/aromatic N) is 2. The van der Waals surface area contributed by atoms with Crippen LogP contribution in [0.1, 0.15) is 35.5 Å². The Hall–Kier alpha value is -2.57. The zero-order valence-electron chi connectivity index (χ0n) is 16.0. The van der Waals surface area contributed by atoms with Crippen molar-refractivity contribution in [1.82, 2.24) is 15.5 Å². The van der Waals surface area contributed by atoms with E-state index >= 15 is 0 Å². The van der Waals surface area contributed by atoms with Gasteiger partial charge >= 0.3 is 0 Å². The van der Waals surface area contributed by atoms with Gasteiger partial charge in [-0.2, -0.15) is 4.98 Å². The second-order valence-corrected chi connectivity index (χ2v) is 7.27. The third-order valence-corrected chi connectivity index (χ3v) is 4.89. The SMILES string of the molecule is COc1ccc(-c2noc(CCCCCNC(=O)c3ccc(Cl)cc3Cl)n2)cc1. The summed E-state index contributed by atoms with van der Waals surface area (Å²) in [6, 6.07) is 12.3. The molecule has 29 heavy (non-hydrogen) atoms. The van der Waals surface area contributed by atoms with E-state index in [0.29, 0.717) is 40.3 Å². The van der Waals surface area contributed by atoms with Gasteiger partial charge in [0, 0.05) is 23.6 Å². The molecule has 6 nitrogen and oxygen atoms in total. The summed E-state index contributed by atoms with van der Waals surface area (Å²) in [5.41, 5.74) is 1.30. The molecule has 0 aliphatic carbocycles. The van der Waals surface area contributed by atoms with Gasteiger partial charge in [0.25, 0.3) is 5.91 Å². The Morgan fingerprint density at radius 3 is 2.62 bits per heavy atom. The molecule has 0 aliphatic rings. The molecule has 3 aromatic rings. The molecule has 1 N–H and O–H groups in total. The minimum Gasteiger partial charge on any atom is -0.497 e. The van der Waals surface area contributed by atoms with E-state index in [0.717, 1.165) is 30.6 Å². The smallest absolute Gasteiger partial charge is 0.252 e. The van der Waals surface area contributed by atoms with Crippen molar-refractivity contribution in [2.45, 2.75) is 25.7 Å². The molecular weight excluding hydrogens is 413 g/mol. The van der Waals surface area contributed by atoms with E-state index in [-0.39, 0.29) is 5.91 Å². The topological polar surface area (TPSA) is 77.3 Å². The summed E-state index contributed by atoms with van der Waals surface area (Å²) < 4.78 is 10.5. The lowest BCUT2D eigenvalue weighted by Gasteiger charge is -2.06. The molecule has 0 unspecified atom stereocenters. The summed E-state index contributed by atoms with van der Waals surface area (Å²) in [7, 11) is 1.62. The van der Waals surface area contributed by atoms with Crippen molar-refractivity contribution in [2.75, 3.05) is 13.7 Å². The second kappa shape index (κ2) is 10.3. The number of hydrogen-bond donors (Lipinski definition) is 1. The predicted molar refractivity (Wildman–Crippen MR) is 113 cm³/mol. The number of carbonyl (C=O) groups excluding carboxylic acids is 1. The highest BCUT2D eigenvalue weighted by Gasteiger charge is 2.11. The van der Waals surface area contributed by atoms with E-state index in [2.05, 4.69) is 15.5 Å². The lowest BCUT2D eigenvalue weighted by molar-refractivity contribution is 0.0953. The summed E-state index contributed by atoms with van der Waals surface area (Å²) >= 11 is 11.9. The molecule has 8 heteroatoms. The van der Waals surface area contributed by atoms with Crippen LogP contribution in [0.2, 0.25) is 10.0 Å². The van der Waals surface area contributed by atoms with Crippen molar-refractivity contribution in [3.05, 3.63) is 64.0 Å². The van der Waals surface area contributed by atoms with Crippen LogP contribution in [0.5, 0.6) is 5.75 Å². The molecule has 0 saturated heterocycles. The van der Waals surface area contributed by atoms with E-state index in [1.807, 2.05) is 24.3 Å². The van der Waals surface area contributed by atoms with E-state index in [4.69, 9.17) is 32.5 Å². The van der Waals surface area contributed by atoms with Crippen LogP contribution in [0, 0.1) is 0 Å². The van der Waals surface area contributed by atoms with E-state index in [1.165, 1.54) is 0 Å². The van der Waals surface area contributed by atoms with E-state index in [1.54, 1.807) is 25.3 Å². The van der Waals surface area contributed by atoms with E-state index in [9.17, 15) is 4.79 Å². The Morgan fingerprint density at radius 1 is 1.10 bits per heavy atom. The maximum atomic E-state index is 12.1. The Kier molecular flexibility index (Phi) is 7.49. The lowest BCUT2D eigenvalue weighted by atomic mass is 10.1. The van der Waals surface area contributed by atoms with Crippen LogP contribution in [0.4, 0.5) is 0 Å². The average molecular weight is 434 g/mol. The molecule has 0 saturated carbocycles. The first-order valence-corrected chi connectivity index (χ1v) is 10.0. The Labute approximate surface area is 179 Å². The number of halogens is 2. The van der Waals surface area contributed by atoms with Gasteiger partial charge in [0.05, 0.1) is 17.7 Å². The largest absolute Gasteiger partial charge is 0.497 e. The van der Waals surface area contributed by atoms with Crippen molar-refractivity contribution in [3.8, 4) is 17.1 Å². The van der Waals surface area contributed by atoms with Crippen molar-refractivity contribution >= 4 is 29.1 Å². The third kappa shape index (κ3) is 5.95. The fraction of sp³-hybridized carbons (Fsp3) is 0.286. The van der Waals surface area contributed by atoms with Gasteiger partial charge in [0.2, 0.25) is 11.7 Å². The Balaban J connectivity index is 1.37. The summed E-state index contributed by atoms with van der Waals surface area (Å²) in [6.07, 6.45) is 3.35.